The quantitative estimate of drug-likeness (QED) is 0.694. The highest BCUT2D eigenvalue weighted by Gasteiger charge is 2.51. The molecule has 1 heterocycles. The average molecular weight is 421 g/mol. The van der Waals surface area contributed by atoms with E-state index in [2.05, 4.69) is 10.6 Å². The summed E-state index contributed by atoms with van der Waals surface area (Å²) in [6.07, 6.45) is 5.22. The number of anilines is 1. The Morgan fingerprint density at radius 3 is 2.32 bits per heavy atom. The van der Waals surface area contributed by atoms with Gasteiger partial charge < -0.3 is 15.4 Å². The van der Waals surface area contributed by atoms with E-state index in [1.54, 1.807) is 24.3 Å². The van der Waals surface area contributed by atoms with E-state index in [1.807, 2.05) is 30.3 Å². The lowest BCUT2D eigenvalue weighted by molar-refractivity contribution is -0.134. The molecule has 1 saturated heterocycles. The van der Waals surface area contributed by atoms with Gasteiger partial charge in [-0.2, -0.15) is 0 Å². The molecule has 0 unspecified atom stereocenters. The summed E-state index contributed by atoms with van der Waals surface area (Å²) in [5.74, 6) is -0.00223. The monoisotopic (exact) mass is 421 g/mol. The fraction of sp³-hybridized carbons (Fsp3) is 0.375. The second-order valence-corrected chi connectivity index (χ2v) is 8.16. The summed E-state index contributed by atoms with van der Waals surface area (Å²) in [5, 5.41) is 5.60. The molecule has 1 aliphatic heterocycles. The predicted molar refractivity (Wildman–Crippen MR) is 117 cm³/mol. The lowest BCUT2D eigenvalue weighted by atomic mass is 9.90. The van der Waals surface area contributed by atoms with Crippen LogP contribution in [0.3, 0.4) is 0 Å². The van der Waals surface area contributed by atoms with Crippen molar-refractivity contribution in [2.75, 3.05) is 11.9 Å². The molecule has 162 valence electrons. The zero-order valence-electron chi connectivity index (χ0n) is 17.4. The van der Waals surface area contributed by atoms with Crippen LogP contribution in [0.4, 0.5) is 10.5 Å². The number of urea groups is 1. The first-order valence-corrected chi connectivity index (χ1v) is 10.8. The van der Waals surface area contributed by atoms with Gasteiger partial charge in [0.05, 0.1) is 0 Å². The molecule has 2 fully saturated rings. The SMILES string of the molecule is O=C(CN1C(=O)NC2(CCCCCC2)C1=O)Nc1ccc(OCc2ccccc2)cc1. The van der Waals surface area contributed by atoms with Gasteiger partial charge in [0.25, 0.3) is 5.91 Å². The third-order valence-electron chi connectivity index (χ3n) is 5.89. The molecule has 7 heteroatoms. The molecule has 4 rings (SSSR count). The Labute approximate surface area is 181 Å². The Bertz CT molecular complexity index is 935. The largest absolute Gasteiger partial charge is 0.489 e. The highest BCUT2D eigenvalue weighted by Crippen LogP contribution is 2.32. The van der Waals surface area contributed by atoms with Crippen molar-refractivity contribution in [3.8, 4) is 5.75 Å². The number of nitrogens with zero attached hydrogens (tertiary/aromatic N) is 1. The standard InChI is InChI=1S/C24H27N3O4/c28-21(16-27-22(29)24(26-23(27)30)14-6-1-2-7-15-24)25-19-10-12-20(13-11-19)31-17-18-8-4-3-5-9-18/h3-5,8-13H,1-2,6-7,14-17H2,(H,25,28)(H,26,30). The maximum atomic E-state index is 12.9. The van der Waals surface area contributed by atoms with E-state index in [0.717, 1.165) is 36.1 Å². The molecule has 0 atom stereocenters. The van der Waals surface area contributed by atoms with Gasteiger partial charge in [0, 0.05) is 5.69 Å². The van der Waals surface area contributed by atoms with Crippen molar-refractivity contribution < 1.29 is 19.1 Å². The van der Waals surface area contributed by atoms with Crippen molar-refractivity contribution in [1.82, 2.24) is 10.2 Å². The summed E-state index contributed by atoms with van der Waals surface area (Å²) in [4.78, 5) is 38.8. The van der Waals surface area contributed by atoms with Gasteiger partial charge in [-0.3, -0.25) is 14.5 Å². The lowest BCUT2D eigenvalue weighted by Crippen LogP contribution is -2.47. The van der Waals surface area contributed by atoms with Crippen LogP contribution in [0.25, 0.3) is 0 Å². The molecule has 2 aromatic rings. The smallest absolute Gasteiger partial charge is 0.325 e. The maximum Gasteiger partial charge on any atom is 0.325 e. The van der Waals surface area contributed by atoms with Gasteiger partial charge in [-0.05, 0) is 42.7 Å². The van der Waals surface area contributed by atoms with Crippen molar-refractivity contribution in [1.29, 1.82) is 0 Å². The highest BCUT2D eigenvalue weighted by atomic mass is 16.5. The van der Waals surface area contributed by atoms with E-state index in [4.69, 9.17) is 4.74 Å². The number of ether oxygens (including phenoxy) is 1. The van der Waals surface area contributed by atoms with Crippen molar-refractivity contribution in [2.24, 2.45) is 0 Å². The summed E-state index contributed by atoms with van der Waals surface area (Å²) >= 11 is 0. The minimum absolute atomic E-state index is 0.279. The second-order valence-electron chi connectivity index (χ2n) is 8.16. The number of benzene rings is 2. The molecule has 0 bridgehead atoms. The van der Waals surface area contributed by atoms with Gasteiger partial charge in [-0.1, -0.05) is 56.0 Å². The summed E-state index contributed by atoms with van der Waals surface area (Å²) in [6.45, 7) is 0.166. The number of hydrogen-bond acceptors (Lipinski definition) is 4. The maximum absolute atomic E-state index is 12.9. The van der Waals surface area contributed by atoms with Crippen molar-refractivity contribution >= 4 is 23.5 Å². The number of hydrogen-bond donors (Lipinski definition) is 2. The van der Waals surface area contributed by atoms with Crippen molar-refractivity contribution in [3.05, 3.63) is 60.2 Å². The molecule has 1 saturated carbocycles. The predicted octanol–water partition coefficient (Wildman–Crippen LogP) is 3.85. The van der Waals surface area contributed by atoms with Crippen LogP contribution >= 0.6 is 0 Å². The van der Waals surface area contributed by atoms with Crippen LogP contribution in [0.1, 0.15) is 44.1 Å². The van der Waals surface area contributed by atoms with Gasteiger partial charge in [-0.25, -0.2) is 4.79 Å². The van der Waals surface area contributed by atoms with Gasteiger partial charge >= 0.3 is 6.03 Å². The summed E-state index contributed by atoms with van der Waals surface area (Å²) in [6, 6.07) is 16.4. The Kier molecular flexibility index (Phi) is 6.21. The Morgan fingerprint density at radius 1 is 0.968 bits per heavy atom. The molecule has 7 nitrogen and oxygen atoms in total. The second kappa shape index (κ2) is 9.20. The molecule has 0 radical (unpaired) electrons. The van der Waals surface area contributed by atoms with Gasteiger partial charge in [0.15, 0.2) is 0 Å². The van der Waals surface area contributed by atoms with Crippen LogP contribution in [-0.2, 0) is 16.2 Å². The molecule has 2 N–H and O–H groups in total. The number of nitrogens with one attached hydrogen (secondary N) is 2. The molecule has 1 aliphatic carbocycles. The van der Waals surface area contributed by atoms with Crippen molar-refractivity contribution in [2.45, 2.75) is 50.7 Å². The topological polar surface area (TPSA) is 87.7 Å². The third-order valence-corrected chi connectivity index (χ3v) is 5.89. The highest BCUT2D eigenvalue weighted by molar-refractivity contribution is 6.10. The zero-order valence-corrected chi connectivity index (χ0v) is 17.4. The van der Waals surface area contributed by atoms with E-state index >= 15 is 0 Å². The van der Waals surface area contributed by atoms with E-state index in [9.17, 15) is 14.4 Å². The minimum Gasteiger partial charge on any atom is -0.489 e. The molecule has 2 aromatic carbocycles. The number of rotatable bonds is 6. The van der Waals surface area contributed by atoms with Crippen LogP contribution in [0.2, 0.25) is 0 Å². The average Bonchev–Trinajstić information content (AvgIpc) is 2.94. The van der Waals surface area contributed by atoms with Crippen LogP contribution in [0, 0.1) is 0 Å². The van der Waals surface area contributed by atoms with Crippen LogP contribution < -0.4 is 15.4 Å². The van der Waals surface area contributed by atoms with Gasteiger partial charge in [-0.15, -0.1) is 0 Å². The van der Waals surface area contributed by atoms with E-state index in [1.165, 1.54) is 0 Å². The van der Waals surface area contributed by atoms with Crippen LogP contribution in [0.5, 0.6) is 5.75 Å². The number of imide groups is 1. The number of carbonyl (C=O) groups excluding carboxylic acids is 3. The third kappa shape index (κ3) is 4.87. The zero-order chi connectivity index (χ0) is 21.7. The number of amides is 4. The summed E-state index contributed by atoms with van der Waals surface area (Å²) < 4.78 is 5.74. The summed E-state index contributed by atoms with van der Waals surface area (Å²) in [5.41, 5.74) is 0.819. The van der Waals surface area contributed by atoms with Crippen LogP contribution in [-0.4, -0.2) is 34.8 Å². The van der Waals surface area contributed by atoms with Crippen LogP contribution in [0.15, 0.2) is 54.6 Å². The molecule has 31 heavy (non-hydrogen) atoms. The molecule has 2 aliphatic rings. The molecule has 0 aromatic heterocycles. The molecular weight excluding hydrogens is 394 g/mol. The van der Waals surface area contributed by atoms with Gasteiger partial charge in [0.2, 0.25) is 5.91 Å². The molecule has 4 amide bonds. The van der Waals surface area contributed by atoms with E-state index in [0.29, 0.717) is 30.9 Å². The van der Waals surface area contributed by atoms with Crippen molar-refractivity contribution in [3.63, 3.8) is 0 Å². The normalized spacial score (nSPS) is 17.9. The Hall–Kier alpha value is -3.35. The first-order chi connectivity index (χ1) is 15.1. The first kappa shape index (κ1) is 20.9. The van der Waals surface area contributed by atoms with E-state index in [-0.39, 0.29) is 12.5 Å². The number of carbonyl (C=O) groups is 3. The fourth-order valence-electron chi connectivity index (χ4n) is 4.21. The Balaban J connectivity index is 1.31. The minimum atomic E-state index is -0.828. The summed E-state index contributed by atoms with van der Waals surface area (Å²) in [7, 11) is 0. The molecular formula is C24H27N3O4. The Morgan fingerprint density at radius 2 is 1.65 bits per heavy atom. The first-order valence-electron chi connectivity index (χ1n) is 10.8. The van der Waals surface area contributed by atoms with E-state index < -0.39 is 17.5 Å². The fourth-order valence-corrected chi connectivity index (χ4v) is 4.21. The molecule has 1 spiro atoms. The lowest BCUT2D eigenvalue weighted by Gasteiger charge is -2.24. The van der Waals surface area contributed by atoms with Gasteiger partial charge in [0.1, 0.15) is 24.4 Å².